The van der Waals surface area contributed by atoms with Crippen molar-refractivity contribution in [2.75, 3.05) is 24.8 Å². The third kappa shape index (κ3) is 5.89. The zero-order valence-electron chi connectivity index (χ0n) is 20.9. The van der Waals surface area contributed by atoms with Gasteiger partial charge in [-0.1, -0.05) is 35.9 Å². The van der Waals surface area contributed by atoms with Gasteiger partial charge in [-0.05, 0) is 86.9 Å². The van der Waals surface area contributed by atoms with Crippen molar-refractivity contribution in [2.45, 2.75) is 27.7 Å². The Morgan fingerprint density at radius 3 is 2.31 bits per heavy atom. The predicted molar refractivity (Wildman–Crippen MR) is 145 cm³/mol. The summed E-state index contributed by atoms with van der Waals surface area (Å²) in [7, 11) is 0. The molecule has 1 aliphatic rings. The number of hydrazone groups is 1. The summed E-state index contributed by atoms with van der Waals surface area (Å²) in [5.74, 6) is 1.55. The van der Waals surface area contributed by atoms with E-state index in [1.807, 2.05) is 76.2 Å². The zero-order chi connectivity index (χ0) is 25.7. The van der Waals surface area contributed by atoms with E-state index >= 15 is 0 Å². The number of hydrogen-bond donors (Lipinski definition) is 0. The van der Waals surface area contributed by atoms with E-state index < -0.39 is 0 Å². The average Bonchev–Trinajstić information content (AvgIpc) is 3.11. The largest absolute Gasteiger partial charge is 0.490 e. The van der Waals surface area contributed by atoms with Crippen molar-refractivity contribution in [3.8, 4) is 17.2 Å². The molecule has 0 fully saturated rings. The van der Waals surface area contributed by atoms with Crippen molar-refractivity contribution in [1.82, 2.24) is 0 Å². The van der Waals surface area contributed by atoms with Crippen LogP contribution in [0.25, 0.3) is 6.08 Å². The van der Waals surface area contributed by atoms with Crippen molar-refractivity contribution < 1.29 is 19.0 Å². The third-order valence-electron chi connectivity index (χ3n) is 5.50. The van der Waals surface area contributed by atoms with Crippen LogP contribution >= 0.6 is 11.6 Å². The fourth-order valence-corrected chi connectivity index (χ4v) is 4.26. The maximum absolute atomic E-state index is 13.1. The first-order valence-corrected chi connectivity index (χ1v) is 12.2. The van der Waals surface area contributed by atoms with Crippen LogP contribution < -0.4 is 19.2 Å². The number of carbonyl (C=O) groups is 1. The molecule has 0 bridgehead atoms. The summed E-state index contributed by atoms with van der Waals surface area (Å²) in [5, 5.41) is 6.22. The molecule has 0 saturated heterocycles. The minimum absolute atomic E-state index is 0.198. The molecule has 3 aromatic rings. The lowest BCUT2D eigenvalue weighted by Gasteiger charge is -2.15. The van der Waals surface area contributed by atoms with Crippen molar-refractivity contribution in [3.63, 3.8) is 0 Å². The maximum atomic E-state index is 13.1. The molecule has 0 unspecified atom stereocenters. The van der Waals surface area contributed by atoms with E-state index in [-0.39, 0.29) is 5.91 Å². The van der Waals surface area contributed by atoms with E-state index in [2.05, 4.69) is 11.2 Å². The second-order valence-electron chi connectivity index (χ2n) is 8.48. The monoisotopic (exact) mass is 504 g/mol. The van der Waals surface area contributed by atoms with Crippen LogP contribution in [0.4, 0.5) is 5.69 Å². The Bertz CT molecular complexity index is 1300. The highest BCUT2D eigenvalue weighted by Crippen LogP contribution is 2.38. The van der Waals surface area contributed by atoms with Crippen LogP contribution in [-0.4, -0.2) is 31.4 Å². The summed E-state index contributed by atoms with van der Waals surface area (Å²) in [5.41, 5.74) is 4.84. The van der Waals surface area contributed by atoms with Crippen LogP contribution in [0.2, 0.25) is 5.02 Å². The minimum Gasteiger partial charge on any atom is -0.490 e. The average molecular weight is 505 g/mol. The summed E-state index contributed by atoms with van der Waals surface area (Å²) in [6.45, 7) is 8.86. The minimum atomic E-state index is -0.198. The molecule has 7 heteroatoms. The van der Waals surface area contributed by atoms with Gasteiger partial charge >= 0.3 is 0 Å². The number of hydrogen-bond acceptors (Lipinski definition) is 5. The normalized spacial score (nSPS) is 14.2. The van der Waals surface area contributed by atoms with Crippen LogP contribution in [0.3, 0.4) is 0 Å². The summed E-state index contributed by atoms with van der Waals surface area (Å²) in [4.78, 5) is 13.1. The molecule has 0 radical (unpaired) electrons. The topological polar surface area (TPSA) is 60.4 Å². The van der Waals surface area contributed by atoms with E-state index in [4.69, 9.17) is 25.8 Å². The van der Waals surface area contributed by atoms with E-state index in [1.165, 1.54) is 5.01 Å². The first kappa shape index (κ1) is 25.3. The molecule has 4 rings (SSSR count). The molecule has 0 spiro atoms. The summed E-state index contributed by atoms with van der Waals surface area (Å²) < 4.78 is 17.6. The molecule has 0 aromatic heterocycles. The van der Waals surface area contributed by atoms with Crippen molar-refractivity contribution >= 4 is 35.0 Å². The standard InChI is InChI=1S/C29H29ClN2O4/c1-5-34-27-18-22(16-25-21(4)31-32(29(25)33)23-9-7-6-8-10-23)17-26(30)28(27)36-12-11-35-24-14-19(2)13-20(3)15-24/h6-10,13-18H,5,11-12H2,1-4H3/b25-16-. The van der Waals surface area contributed by atoms with Gasteiger partial charge in [-0.25, -0.2) is 0 Å². The summed E-state index contributed by atoms with van der Waals surface area (Å²) in [6, 6.07) is 19.0. The van der Waals surface area contributed by atoms with Gasteiger partial charge in [0.25, 0.3) is 5.91 Å². The van der Waals surface area contributed by atoms with E-state index in [0.717, 1.165) is 22.4 Å². The number of para-hydroxylation sites is 1. The van der Waals surface area contributed by atoms with Crippen LogP contribution in [-0.2, 0) is 4.79 Å². The lowest BCUT2D eigenvalue weighted by molar-refractivity contribution is -0.114. The van der Waals surface area contributed by atoms with Crippen LogP contribution in [0, 0.1) is 13.8 Å². The number of amides is 1. The second kappa shape index (κ2) is 11.3. The Labute approximate surface area is 216 Å². The summed E-state index contributed by atoms with van der Waals surface area (Å²) in [6.07, 6.45) is 1.77. The molecule has 1 aliphatic heterocycles. The number of anilines is 1. The first-order valence-electron chi connectivity index (χ1n) is 11.8. The van der Waals surface area contributed by atoms with Gasteiger partial charge < -0.3 is 14.2 Å². The predicted octanol–water partition coefficient (Wildman–Crippen LogP) is 6.62. The van der Waals surface area contributed by atoms with Crippen molar-refractivity contribution in [2.24, 2.45) is 5.10 Å². The highest BCUT2D eigenvalue weighted by Gasteiger charge is 2.28. The summed E-state index contributed by atoms with van der Waals surface area (Å²) >= 11 is 6.59. The van der Waals surface area contributed by atoms with Gasteiger partial charge in [0, 0.05) is 0 Å². The van der Waals surface area contributed by atoms with Gasteiger partial charge in [-0.3, -0.25) is 4.79 Å². The van der Waals surface area contributed by atoms with Gasteiger partial charge in [0.15, 0.2) is 11.5 Å². The molecule has 0 aliphatic carbocycles. The fourth-order valence-electron chi connectivity index (χ4n) is 3.99. The van der Waals surface area contributed by atoms with E-state index in [0.29, 0.717) is 53.3 Å². The molecule has 1 heterocycles. The number of ether oxygens (including phenoxy) is 3. The molecular weight excluding hydrogens is 476 g/mol. The Morgan fingerprint density at radius 2 is 1.61 bits per heavy atom. The van der Waals surface area contributed by atoms with Crippen LogP contribution in [0.15, 0.2) is 71.3 Å². The number of aryl methyl sites for hydroxylation is 2. The van der Waals surface area contributed by atoms with Gasteiger partial charge in [-0.15, -0.1) is 0 Å². The molecule has 0 atom stereocenters. The van der Waals surface area contributed by atoms with Crippen molar-refractivity contribution in [3.05, 3.63) is 87.9 Å². The lowest BCUT2D eigenvalue weighted by atomic mass is 10.1. The highest BCUT2D eigenvalue weighted by atomic mass is 35.5. The fraction of sp³-hybridized carbons (Fsp3) is 0.241. The number of carbonyl (C=O) groups excluding carboxylic acids is 1. The molecule has 6 nitrogen and oxygen atoms in total. The molecule has 0 saturated carbocycles. The van der Waals surface area contributed by atoms with E-state index in [1.54, 1.807) is 12.1 Å². The quantitative estimate of drug-likeness (QED) is 0.243. The highest BCUT2D eigenvalue weighted by molar-refractivity contribution is 6.33. The zero-order valence-corrected chi connectivity index (χ0v) is 21.6. The SMILES string of the molecule is CCOc1cc(/C=C2\C(=O)N(c3ccccc3)N=C2C)cc(Cl)c1OCCOc1cc(C)cc(C)c1. The number of halogens is 1. The van der Waals surface area contributed by atoms with Crippen LogP contribution in [0.1, 0.15) is 30.5 Å². The van der Waals surface area contributed by atoms with Gasteiger partial charge in [0.2, 0.25) is 0 Å². The maximum Gasteiger partial charge on any atom is 0.280 e. The number of nitrogens with zero attached hydrogens (tertiary/aromatic N) is 2. The molecule has 1 amide bonds. The van der Waals surface area contributed by atoms with Gasteiger partial charge in [0.1, 0.15) is 19.0 Å². The molecule has 186 valence electrons. The van der Waals surface area contributed by atoms with Gasteiger partial charge in [-0.2, -0.15) is 10.1 Å². The van der Waals surface area contributed by atoms with Crippen LogP contribution in [0.5, 0.6) is 17.2 Å². The molecule has 36 heavy (non-hydrogen) atoms. The van der Waals surface area contributed by atoms with Gasteiger partial charge in [0.05, 0.1) is 28.6 Å². The first-order chi connectivity index (χ1) is 17.4. The lowest BCUT2D eigenvalue weighted by Crippen LogP contribution is -2.21. The smallest absolute Gasteiger partial charge is 0.280 e. The Hall–Kier alpha value is -3.77. The second-order valence-corrected chi connectivity index (χ2v) is 8.89. The Balaban J connectivity index is 1.49. The Morgan fingerprint density at radius 1 is 0.917 bits per heavy atom. The number of benzene rings is 3. The number of rotatable bonds is 9. The third-order valence-corrected chi connectivity index (χ3v) is 5.78. The van der Waals surface area contributed by atoms with E-state index in [9.17, 15) is 4.79 Å². The Kier molecular flexibility index (Phi) is 7.96. The molecular formula is C29H29ClN2O4. The molecule has 3 aromatic carbocycles. The van der Waals surface area contributed by atoms with Crippen molar-refractivity contribution in [1.29, 1.82) is 0 Å². The molecule has 0 N–H and O–H groups in total.